The SMILES string of the molecule is O=S(=O)(O)c1cccc(OS(=O)(=O)c2cccc(O)c2)c1.[H-].[H-].[Na+].[Na+]. The fraction of sp³-hybridized carbons (Fsp3) is 0. The van der Waals surface area contributed by atoms with Crippen LogP contribution in [0.25, 0.3) is 0 Å². The smallest absolute Gasteiger partial charge is 1.00 e. The second kappa shape index (κ2) is 8.84. The molecule has 0 atom stereocenters. The van der Waals surface area contributed by atoms with E-state index in [1.807, 2.05) is 0 Å². The number of hydrogen-bond donors (Lipinski definition) is 2. The van der Waals surface area contributed by atoms with Crippen LogP contribution in [-0.2, 0) is 20.2 Å². The third-order valence-electron chi connectivity index (χ3n) is 2.42. The average Bonchev–Trinajstić information content (AvgIpc) is 2.37. The Morgan fingerprint density at radius 2 is 1.43 bits per heavy atom. The van der Waals surface area contributed by atoms with Gasteiger partial charge in [-0.15, -0.1) is 0 Å². The van der Waals surface area contributed by atoms with Crippen LogP contribution in [0, 0.1) is 0 Å². The zero-order valence-electron chi connectivity index (χ0n) is 14.4. The maximum atomic E-state index is 12.0. The molecule has 0 saturated carbocycles. The van der Waals surface area contributed by atoms with Gasteiger partial charge in [0.1, 0.15) is 16.4 Å². The van der Waals surface area contributed by atoms with Crippen molar-refractivity contribution in [2.45, 2.75) is 9.79 Å². The predicted octanol–water partition coefficient (Wildman–Crippen LogP) is -4.36. The first-order valence-electron chi connectivity index (χ1n) is 5.49. The van der Waals surface area contributed by atoms with Crippen LogP contribution < -0.4 is 63.3 Å². The van der Waals surface area contributed by atoms with E-state index in [2.05, 4.69) is 0 Å². The van der Waals surface area contributed by atoms with E-state index in [0.717, 1.165) is 18.2 Å². The van der Waals surface area contributed by atoms with Gasteiger partial charge in [-0.1, -0.05) is 12.1 Å². The first-order valence-corrected chi connectivity index (χ1v) is 8.34. The van der Waals surface area contributed by atoms with Crippen molar-refractivity contribution in [3.05, 3.63) is 48.5 Å². The minimum atomic E-state index is -4.47. The molecule has 0 unspecified atom stereocenters. The van der Waals surface area contributed by atoms with Crippen molar-refractivity contribution in [2.75, 3.05) is 0 Å². The van der Waals surface area contributed by atoms with Crippen molar-refractivity contribution in [1.29, 1.82) is 0 Å². The summed E-state index contributed by atoms with van der Waals surface area (Å²) in [4.78, 5) is -0.786. The largest absolute Gasteiger partial charge is 1.00 e. The standard InChI is InChI=1S/C12H10O7S2.2Na.2H/c13-9-3-1-6-12(7-9)21(17,18)19-10-4-2-5-11(8-10)20(14,15)16;;;;/h1-8,13H,(H,14,15,16);;;;/q;2*+1;2*-1. The van der Waals surface area contributed by atoms with Crippen molar-refractivity contribution in [3.8, 4) is 11.5 Å². The summed E-state index contributed by atoms with van der Waals surface area (Å²) < 4.78 is 59.6. The fourth-order valence-corrected chi connectivity index (χ4v) is 2.98. The van der Waals surface area contributed by atoms with Gasteiger partial charge in [-0.3, -0.25) is 4.55 Å². The van der Waals surface area contributed by atoms with E-state index in [-0.39, 0.29) is 78.4 Å². The normalized spacial score (nSPS) is 11.0. The average molecular weight is 378 g/mol. The van der Waals surface area contributed by atoms with Crippen molar-refractivity contribution >= 4 is 20.2 Å². The second-order valence-electron chi connectivity index (χ2n) is 3.98. The predicted molar refractivity (Wildman–Crippen MR) is 74.4 cm³/mol. The maximum absolute atomic E-state index is 12.0. The molecular formula is C12H12Na2O7S2. The maximum Gasteiger partial charge on any atom is 1.00 e. The van der Waals surface area contributed by atoms with E-state index >= 15 is 0 Å². The molecule has 0 aliphatic heterocycles. The number of phenols is 1. The molecule has 0 spiro atoms. The van der Waals surface area contributed by atoms with Gasteiger partial charge < -0.3 is 12.1 Å². The number of rotatable bonds is 4. The van der Waals surface area contributed by atoms with E-state index in [9.17, 15) is 21.9 Å². The summed E-state index contributed by atoms with van der Waals surface area (Å²) in [6.45, 7) is 0. The molecule has 116 valence electrons. The molecule has 0 fully saturated rings. The quantitative estimate of drug-likeness (QED) is 0.314. The minimum Gasteiger partial charge on any atom is -1.00 e. The number of benzene rings is 2. The zero-order valence-corrected chi connectivity index (χ0v) is 18.0. The Morgan fingerprint density at radius 1 is 0.870 bits per heavy atom. The number of aromatic hydroxyl groups is 1. The summed E-state index contributed by atoms with van der Waals surface area (Å²) >= 11 is 0. The molecule has 11 heteroatoms. The van der Waals surface area contributed by atoms with Gasteiger partial charge in [0.15, 0.2) is 0 Å². The summed E-state index contributed by atoms with van der Waals surface area (Å²) in [5.41, 5.74) is 0. The van der Waals surface area contributed by atoms with Crippen molar-refractivity contribution in [3.63, 3.8) is 0 Å². The van der Waals surface area contributed by atoms with Gasteiger partial charge in [-0.2, -0.15) is 16.8 Å². The summed E-state index contributed by atoms with van der Waals surface area (Å²) in [5.74, 6) is -0.542. The summed E-state index contributed by atoms with van der Waals surface area (Å²) in [7, 11) is -8.70. The molecular weight excluding hydrogens is 366 g/mol. The summed E-state index contributed by atoms with van der Waals surface area (Å²) in [6.07, 6.45) is 0. The van der Waals surface area contributed by atoms with E-state index in [1.165, 1.54) is 30.3 Å². The van der Waals surface area contributed by atoms with E-state index < -0.39 is 25.1 Å². The zero-order chi connectivity index (χ0) is 15.7. The van der Waals surface area contributed by atoms with Crippen LogP contribution in [-0.4, -0.2) is 26.5 Å². The topological polar surface area (TPSA) is 118 Å². The van der Waals surface area contributed by atoms with Crippen LogP contribution >= 0.6 is 0 Å². The molecule has 2 aromatic carbocycles. The Balaban J connectivity index is -0.00000121. The summed E-state index contributed by atoms with van der Waals surface area (Å²) in [6, 6.07) is 9.20. The Kier molecular flexibility index (Phi) is 8.80. The Labute approximate surface area is 181 Å². The van der Waals surface area contributed by atoms with E-state index in [4.69, 9.17) is 8.74 Å². The summed E-state index contributed by atoms with van der Waals surface area (Å²) in [5, 5.41) is 9.26. The third-order valence-corrected chi connectivity index (χ3v) is 4.51. The Bertz CT molecular complexity index is 890. The molecule has 0 aliphatic carbocycles. The molecule has 0 aliphatic rings. The molecule has 0 radical (unpaired) electrons. The van der Waals surface area contributed by atoms with Gasteiger partial charge in [-0.05, 0) is 24.3 Å². The molecule has 23 heavy (non-hydrogen) atoms. The molecule has 2 rings (SSSR count). The van der Waals surface area contributed by atoms with Crippen molar-refractivity contribution in [1.82, 2.24) is 0 Å². The molecule has 7 nitrogen and oxygen atoms in total. The molecule has 0 amide bonds. The number of phenolic OH excluding ortho intramolecular Hbond substituents is 1. The molecule has 2 aromatic rings. The van der Waals surface area contributed by atoms with Gasteiger partial charge in [0.2, 0.25) is 0 Å². The first-order chi connectivity index (χ1) is 9.68. The molecule has 0 saturated heterocycles. The van der Waals surface area contributed by atoms with Crippen LogP contribution in [0.3, 0.4) is 0 Å². The van der Waals surface area contributed by atoms with Gasteiger partial charge in [0.05, 0.1) is 4.90 Å². The van der Waals surface area contributed by atoms with Crippen LogP contribution in [0.5, 0.6) is 11.5 Å². The van der Waals surface area contributed by atoms with E-state index in [0.29, 0.717) is 0 Å². The van der Waals surface area contributed by atoms with Crippen LogP contribution in [0.15, 0.2) is 58.3 Å². The Morgan fingerprint density at radius 3 is 2.00 bits per heavy atom. The van der Waals surface area contributed by atoms with Crippen molar-refractivity contribution in [2.24, 2.45) is 0 Å². The first kappa shape index (κ1) is 22.9. The van der Waals surface area contributed by atoms with Gasteiger partial charge in [-0.25, -0.2) is 0 Å². The third kappa shape index (κ3) is 6.37. The second-order valence-corrected chi connectivity index (χ2v) is 6.95. The molecule has 0 heterocycles. The van der Waals surface area contributed by atoms with E-state index in [1.54, 1.807) is 0 Å². The minimum absolute atomic E-state index is 0. The monoisotopic (exact) mass is 378 g/mol. The molecule has 0 aromatic heterocycles. The number of hydrogen-bond acceptors (Lipinski definition) is 6. The molecule has 2 N–H and O–H groups in total. The van der Waals surface area contributed by atoms with Gasteiger partial charge in [0.25, 0.3) is 10.1 Å². The Hall–Kier alpha value is -0.1000. The van der Waals surface area contributed by atoms with Crippen LogP contribution in [0.4, 0.5) is 0 Å². The van der Waals surface area contributed by atoms with Crippen LogP contribution in [0.2, 0.25) is 0 Å². The van der Waals surface area contributed by atoms with Crippen LogP contribution in [0.1, 0.15) is 2.85 Å². The fourth-order valence-electron chi connectivity index (χ4n) is 1.50. The van der Waals surface area contributed by atoms with Crippen molar-refractivity contribution < 1.29 is 92.6 Å². The van der Waals surface area contributed by atoms with Gasteiger partial charge >= 0.3 is 69.2 Å². The van der Waals surface area contributed by atoms with Gasteiger partial charge in [0, 0.05) is 12.1 Å². The molecule has 0 bridgehead atoms.